The molecule has 0 saturated carbocycles. The van der Waals surface area contributed by atoms with Gasteiger partial charge in [-0.05, 0) is 31.5 Å². The van der Waals surface area contributed by atoms with Crippen LogP contribution in [0.4, 0.5) is 5.82 Å². The standard InChI is InChI=1S/C14H20N4O/c1-12-3-4-16-14(13(12)11-15)18-6-2-5-17(7-8-18)9-10-19/h3-4,19H,2,5-10H2,1H3. The van der Waals surface area contributed by atoms with Crippen molar-refractivity contribution in [3.05, 3.63) is 23.4 Å². The first-order chi connectivity index (χ1) is 9.26. The minimum atomic E-state index is 0.201. The molecular formula is C14H20N4O. The van der Waals surface area contributed by atoms with Crippen LogP contribution in [-0.2, 0) is 0 Å². The number of nitriles is 1. The third-order valence-electron chi connectivity index (χ3n) is 3.56. The summed E-state index contributed by atoms with van der Waals surface area (Å²) in [5.74, 6) is 0.799. The van der Waals surface area contributed by atoms with E-state index in [4.69, 9.17) is 5.11 Å². The van der Waals surface area contributed by atoms with E-state index in [1.54, 1.807) is 6.20 Å². The van der Waals surface area contributed by atoms with Crippen molar-refractivity contribution in [3.63, 3.8) is 0 Å². The van der Waals surface area contributed by atoms with E-state index < -0.39 is 0 Å². The number of rotatable bonds is 3. The molecule has 1 fully saturated rings. The van der Waals surface area contributed by atoms with Gasteiger partial charge in [0.25, 0.3) is 0 Å². The van der Waals surface area contributed by atoms with Gasteiger partial charge in [-0.15, -0.1) is 0 Å². The highest BCUT2D eigenvalue weighted by Crippen LogP contribution is 2.21. The lowest BCUT2D eigenvalue weighted by molar-refractivity contribution is 0.204. The molecule has 0 bridgehead atoms. The summed E-state index contributed by atoms with van der Waals surface area (Å²) in [7, 11) is 0. The van der Waals surface area contributed by atoms with Crippen molar-refractivity contribution in [3.8, 4) is 6.07 Å². The average Bonchev–Trinajstić information content (AvgIpc) is 2.64. The average molecular weight is 260 g/mol. The SMILES string of the molecule is Cc1ccnc(N2CCCN(CCO)CC2)c1C#N. The summed E-state index contributed by atoms with van der Waals surface area (Å²) in [6.45, 7) is 6.52. The van der Waals surface area contributed by atoms with Gasteiger partial charge in [0.1, 0.15) is 11.9 Å². The number of aryl methyl sites for hydroxylation is 1. The number of hydrogen-bond acceptors (Lipinski definition) is 5. The van der Waals surface area contributed by atoms with E-state index in [-0.39, 0.29) is 6.61 Å². The molecule has 2 rings (SSSR count). The Morgan fingerprint density at radius 2 is 2.21 bits per heavy atom. The number of hydrogen-bond donors (Lipinski definition) is 1. The molecule has 0 aromatic carbocycles. The molecule has 19 heavy (non-hydrogen) atoms. The van der Waals surface area contributed by atoms with Crippen molar-refractivity contribution in [2.75, 3.05) is 44.2 Å². The molecule has 1 saturated heterocycles. The summed E-state index contributed by atoms with van der Waals surface area (Å²) in [6, 6.07) is 4.13. The van der Waals surface area contributed by atoms with Crippen LogP contribution < -0.4 is 4.90 Å². The molecule has 1 aliphatic rings. The fourth-order valence-electron chi connectivity index (χ4n) is 2.47. The third kappa shape index (κ3) is 3.22. The Hall–Kier alpha value is -1.64. The molecular weight excluding hydrogens is 240 g/mol. The summed E-state index contributed by atoms with van der Waals surface area (Å²) in [4.78, 5) is 8.82. The Balaban J connectivity index is 2.15. The van der Waals surface area contributed by atoms with Crippen LogP contribution in [0.15, 0.2) is 12.3 Å². The maximum absolute atomic E-state index is 9.28. The highest BCUT2D eigenvalue weighted by molar-refractivity contribution is 5.57. The predicted molar refractivity (Wildman–Crippen MR) is 74.0 cm³/mol. The van der Waals surface area contributed by atoms with Crippen LogP contribution in [0.2, 0.25) is 0 Å². The Morgan fingerprint density at radius 1 is 1.37 bits per heavy atom. The van der Waals surface area contributed by atoms with Crippen molar-refractivity contribution in [2.24, 2.45) is 0 Å². The Bertz CT molecular complexity index is 469. The summed E-state index contributed by atoms with van der Waals surface area (Å²) in [5.41, 5.74) is 1.65. The maximum atomic E-state index is 9.28. The minimum Gasteiger partial charge on any atom is -0.395 e. The van der Waals surface area contributed by atoms with Crippen LogP contribution in [0.3, 0.4) is 0 Å². The summed E-state index contributed by atoms with van der Waals surface area (Å²) in [5, 5.41) is 18.3. The van der Waals surface area contributed by atoms with Gasteiger partial charge in [0.05, 0.1) is 12.2 Å². The number of aliphatic hydroxyl groups excluding tert-OH is 1. The lowest BCUT2D eigenvalue weighted by Gasteiger charge is -2.23. The zero-order valence-corrected chi connectivity index (χ0v) is 11.3. The smallest absolute Gasteiger partial charge is 0.146 e. The van der Waals surface area contributed by atoms with Gasteiger partial charge in [-0.25, -0.2) is 4.98 Å². The molecule has 0 spiro atoms. The van der Waals surface area contributed by atoms with E-state index >= 15 is 0 Å². The second-order valence-electron chi connectivity index (χ2n) is 4.84. The van der Waals surface area contributed by atoms with Gasteiger partial charge >= 0.3 is 0 Å². The van der Waals surface area contributed by atoms with Crippen LogP contribution in [0, 0.1) is 18.3 Å². The fourth-order valence-corrected chi connectivity index (χ4v) is 2.47. The second kappa shape index (κ2) is 6.50. The summed E-state index contributed by atoms with van der Waals surface area (Å²) in [6.07, 6.45) is 2.79. The normalized spacial score (nSPS) is 17.0. The number of aromatic nitrogens is 1. The first-order valence-electron chi connectivity index (χ1n) is 6.70. The second-order valence-corrected chi connectivity index (χ2v) is 4.84. The van der Waals surface area contributed by atoms with Crippen molar-refractivity contribution >= 4 is 5.82 Å². The molecule has 102 valence electrons. The van der Waals surface area contributed by atoms with Crippen molar-refractivity contribution in [2.45, 2.75) is 13.3 Å². The molecule has 5 heteroatoms. The van der Waals surface area contributed by atoms with Gasteiger partial charge in [-0.2, -0.15) is 5.26 Å². The Morgan fingerprint density at radius 3 is 2.95 bits per heavy atom. The lowest BCUT2D eigenvalue weighted by Crippen LogP contribution is -2.33. The fraction of sp³-hybridized carbons (Fsp3) is 0.571. The summed E-state index contributed by atoms with van der Waals surface area (Å²) < 4.78 is 0. The molecule has 5 nitrogen and oxygen atoms in total. The van der Waals surface area contributed by atoms with Gasteiger partial charge in [0, 0.05) is 32.4 Å². The van der Waals surface area contributed by atoms with Crippen LogP contribution in [-0.4, -0.2) is 54.3 Å². The first-order valence-corrected chi connectivity index (χ1v) is 6.70. The van der Waals surface area contributed by atoms with Gasteiger partial charge < -0.3 is 10.0 Å². The van der Waals surface area contributed by atoms with Crippen molar-refractivity contribution < 1.29 is 5.11 Å². The van der Waals surface area contributed by atoms with Gasteiger partial charge in [-0.3, -0.25) is 4.90 Å². The number of pyridine rings is 1. The van der Waals surface area contributed by atoms with E-state index in [9.17, 15) is 5.26 Å². The number of aliphatic hydroxyl groups is 1. The van der Waals surface area contributed by atoms with Crippen molar-refractivity contribution in [1.82, 2.24) is 9.88 Å². The van der Waals surface area contributed by atoms with E-state index in [0.717, 1.165) is 50.5 Å². The monoisotopic (exact) mass is 260 g/mol. The van der Waals surface area contributed by atoms with E-state index in [0.29, 0.717) is 5.56 Å². The van der Waals surface area contributed by atoms with Gasteiger partial charge in [0.15, 0.2) is 0 Å². The lowest BCUT2D eigenvalue weighted by atomic mass is 10.1. The molecule has 0 unspecified atom stereocenters. The van der Waals surface area contributed by atoms with Gasteiger partial charge in [0.2, 0.25) is 0 Å². The Kier molecular flexibility index (Phi) is 4.72. The molecule has 0 atom stereocenters. The molecule has 0 aliphatic carbocycles. The molecule has 1 N–H and O–H groups in total. The number of nitrogens with zero attached hydrogens (tertiary/aromatic N) is 4. The minimum absolute atomic E-state index is 0.201. The van der Waals surface area contributed by atoms with Gasteiger partial charge in [-0.1, -0.05) is 0 Å². The highest BCUT2D eigenvalue weighted by atomic mass is 16.3. The molecule has 2 heterocycles. The quantitative estimate of drug-likeness (QED) is 0.869. The molecule has 0 amide bonds. The first kappa shape index (κ1) is 13.8. The third-order valence-corrected chi connectivity index (χ3v) is 3.56. The van der Waals surface area contributed by atoms with Crippen molar-refractivity contribution in [1.29, 1.82) is 5.26 Å². The molecule has 1 aromatic rings. The highest BCUT2D eigenvalue weighted by Gasteiger charge is 2.18. The van der Waals surface area contributed by atoms with E-state index in [2.05, 4.69) is 20.9 Å². The predicted octanol–water partition coefficient (Wildman–Crippen LogP) is 0.766. The van der Waals surface area contributed by atoms with Crippen LogP contribution in [0.5, 0.6) is 0 Å². The Labute approximate surface area is 114 Å². The number of β-amino-alcohol motifs (C(OH)–C–C–N with tert-alkyl or cyclic N) is 1. The molecule has 0 radical (unpaired) electrons. The molecule has 1 aliphatic heterocycles. The van der Waals surface area contributed by atoms with Crippen LogP contribution in [0.25, 0.3) is 0 Å². The zero-order valence-electron chi connectivity index (χ0n) is 11.3. The van der Waals surface area contributed by atoms with E-state index in [1.807, 2.05) is 13.0 Å². The topological polar surface area (TPSA) is 63.4 Å². The number of anilines is 1. The van der Waals surface area contributed by atoms with E-state index in [1.165, 1.54) is 0 Å². The maximum Gasteiger partial charge on any atom is 0.146 e. The largest absolute Gasteiger partial charge is 0.395 e. The molecule has 1 aromatic heterocycles. The zero-order chi connectivity index (χ0) is 13.7. The van der Waals surface area contributed by atoms with Crippen LogP contribution >= 0.6 is 0 Å². The van der Waals surface area contributed by atoms with Crippen LogP contribution in [0.1, 0.15) is 17.5 Å². The summed E-state index contributed by atoms with van der Waals surface area (Å²) >= 11 is 0.